The van der Waals surface area contributed by atoms with Crippen LogP contribution in [0.25, 0.3) is 17.1 Å². The summed E-state index contributed by atoms with van der Waals surface area (Å²) in [6.45, 7) is 0.460. The Morgan fingerprint density at radius 3 is 3.00 bits per heavy atom. The van der Waals surface area contributed by atoms with Crippen LogP contribution in [0.15, 0.2) is 53.5 Å². The number of aromatic nitrogens is 3. The first-order valence-electron chi connectivity index (χ1n) is 7.29. The highest BCUT2D eigenvalue weighted by Gasteiger charge is 2.04. The van der Waals surface area contributed by atoms with Crippen LogP contribution in [0.3, 0.4) is 0 Å². The molecule has 0 saturated heterocycles. The molecule has 120 valence electrons. The number of nitrogens with two attached hydrogens (primary N) is 1. The van der Waals surface area contributed by atoms with Crippen LogP contribution in [0.5, 0.6) is 0 Å². The van der Waals surface area contributed by atoms with Crippen LogP contribution >= 0.6 is 0 Å². The van der Waals surface area contributed by atoms with Crippen molar-refractivity contribution in [2.24, 2.45) is 5.73 Å². The summed E-state index contributed by atoms with van der Waals surface area (Å²) in [6.07, 6.45) is 5.33. The molecule has 0 fully saturated rings. The largest absolute Gasteiger partial charge is 0.366 e. The van der Waals surface area contributed by atoms with E-state index in [1.165, 1.54) is 0 Å². The summed E-state index contributed by atoms with van der Waals surface area (Å²) in [7, 11) is 0. The molecule has 0 radical (unpaired) electrons. The number of nitrogens with zero attached hydrogens (tertiary/aromatic N) is 2. The van der Waals surface area contributed by atoms with Crippen molar-refractivity contribution in [1.29, 1.82) is 0 Å². The molecule has 0 aliphatic carbocycles. The number of primary amides is 1. The van der Waals surface area contributed by atoms with Gasteiger partial charge in [-0.15, -0.1) is 0 Å². The number of benzene rings is 1. The molecule has 7 nitrogen and oxygen atoms in total. The molecular weight excluding hydrogens is 306 g/mol. The third-order valence-electron chi connectivity index (χ3n) is 3.37. The van der Waals surface area contributed by atoms with Crippen LogP contribution in [-0.2, 0) is 0 Å². The number of nitrogens with one attached hydrogen (secondary N) is 2. The van der Waals surface area contributed by atoms with Crippen LogP contribution in [-0.4, -0.2) is 27.4 Å². The Kier molecular flexibility index (Phi) is 4.33. The van der Waals surface area contributed by atoms with Gasteiger partial charge in [0.2, 0.25) is 5.91 Å². The van der Waals surface area contributed by atoms with Crippen molar-refractivity contribution in [3.05, 3.63) is 70.3 Å². The second-order valence-corrected chi connectivity index (χ2v) is 5.06. The molecule has 0 aliphatic rings. The molecule has 3 aromatic rings. The second kappa shape index (κ2) is 6.74. The predicted octanol–water partition coefficient (Wildman–Crippen LogP) is 1.54. The van der Waals surface area contributed by atoms with Crippen molar-refractivity contribution in [3.63, 3.8) is 0 Å². The van der Waals surface area contributed by atoms with Gasteiger partial charge in [-0.3, -0.25) is 9.78 Å². The van der Waals surface area contributed by atoms with Gasteiger partial charge < -0.3 is 11.1 Å². The van der Waals surface area contributed by atoms with Gasteiger partial charge in [0.05, 0.1) is 5.39 Å². The molecule has 1 aromatic carbocycles. The number of rotatable bonds is 5. The average Bonchev–Trinajstić information content (AvgIpc) is 2.58. The number of aromatic amines is 1. The number of carbonyl (C=O) groups excluding carboxylic acids is 1. The minimum Gasteiger partial charge on any atom is -0.366 e. The lowest BCUT2D eigenvalue weighted by atomic mass is 10.1. The number of fused-ring (bicyclic) bond motifs is 1. The molecule has 3 rings (SSSR count). The van der Waals surface area contributed by atoms with Crippen LogP contribution in [0, 0.1) is 0 Å². The van der Waals surface area contributed by atoms with Crippen molar-refractivity contribution in [2.45, 2.75) is 0 Å². The first-order chi connectivity index (χ1) is 11.6. The fraction of sp³-hybridized carbons (Fsp3) is 0.0588. The highest BCUT2D eigenvalue weighted by atomic mass is 16.1. The van der Waals surface area contributed by atoms with E-state index in [9.17, 15) is 9.59 Å². The number of pyridine rings is 1. The quantitative estimate of drug-likeness (QED) is 0.659. The molecule has 1 amide bonds. The number of anilines is 1. The zero-order valence-electron chi connectivity index (χ0n) is 12.7. The van der Waals surface area contributed by atoms with E-state index in [0.717, 1.165) is 10.9 Å². The van der Waals surface area contributed by atoms with Crippen LogP contribution in [0.1, 0.15) is 15.9 Å². The lowest BCUT2D eigenvalue weighted by Crippen LogP contribution is -2.14. The maximum Gasteiger partial charge on any atom is 0.348 e. The van der Waals surface area contributed by atoms with Gasteiger partial charge in [-0.05, 0) is 29.8 Å². The Morgan fingerprint density at radius 1 is 1.29 bits per heavy atom. The summed E-state index contributed by atoms with van der Waals surface area (Å²) in [4.78, 5) is 33.3. The van der Waals surface area contributed by atoms with E-state index in [0.29, 0.717) is 23.6 Å². The molecule has 0 spiro atoms. The standard InChI is InChI=1S/C17H15N5O2/c18-14(23)12-6-1-4-11(10-12)5-2-8-19-15-13-7-3-9-20-16(13)22-17(24)21-15/h1-7,9-10H,8H2,(H2,18,23)(H2,19,20,21,22,24). The van der Waals surface area contributed by atoms with Crippen molar-refractivity contribution >= 4 is 28.8 Å². The van der Waals surface area contributed by atoms with E-state index < -0.39 is 11.6 Å². The van der Waals surface area contributed by atoms with E-state index in [1.54, 1.807) is 30.5 Å². The van der Waals surface area contributed by atoms with E-state index in [-0.39, 0.29) is 0 Å². The minimum absolute atomic E-state index is 0.457. The fourth-order valence-corrected chi connectivity index (χ4v) is 2.27. The van der Waals surface area contributed by atoms with E-state index >= 15 is 0 Å². The first-order valence-corrected chi connectivity index (χ1v) is 7.29. The predicted molar refractivity (Wildman–Crippen MR) is 92.6 cm³/mol. The van der Waals surface area contributed by atoms with Crippen LogP contribution in [0.2, 0.25) is 0 Å². The molecule has 0 saturated carbocycles. The smallest absolute Gasteiger partial charge is 0.348 e. The third kappa shape index (κ3) is 3.46. The van der Waals surface area contributed by atoms with Crippen LogP contribution < -0.4 is 16.7 Å². The fourth-order valence-electron chi connectivity index (χ4n) is 2.27. The molecule has 4 N–H and O–H groups in total. The van der Waals surface area contributed by atoms with Gasteiger partial charge in [0.25, 0.3) is 0 Å². The summed E-state index contributed by atoms with van der Waals surface area (Å²) in [5, 5.41) is 3.82. The van der Waals surface area contributed by atoms with Gasteiger partial charge in [0.1, 0.15) is 11.5 Å². The summed E-state index contributed by atoms with van der Waals surface area (Å²) in [5.41, 5.74) is 6.60. The molecule has 7 heteroatoms. The molecule has 24 heavy (non-hydrogen) atoms. The topological polar surface area (TPSA) is 114 Å². The van der Waals surface area contributed by atoms with Crippen molar-refractivity contribution in [3.8, 4) is 0 Å². The Labute approximate surface area is 137 Å². The molecule has 0 atom stereocenters. The van der Waals surface area contributed by atoms with E-state index in [2.05, 4.69) is 20.3 Å². The van der Waals surface area contributed by atoms with Crippen LogP contribution in [0.4, 0.5) is 5.82 Å². The second-order valence-electron chi connectivity index (χ2n) is 5.06. The lowest BCUT2D eigenvalue weighted by molar-refractivity contribution is 0.100. The lowest BCUT2D eigenvalue weighted by Gasteiger charge is -2.05. The molecule has 0 aliphatic heterocycles. The monoisotopic (exact) mass is 321 g/mol. The highest BCUT2D eigenvalue weighted by Crippen LogP contribution is 2.14. The summed E-state index contributed by atoms with van der Waals surface area (Å²) >= 11 is 0. The maximum absolute atomic E-state index is 11.6. The van der Waals surface area contributed by atoms with E-state index in [1.807, 2.05) is 24.3 Å². The van der Waals surface area contributed by atoms with Crippen molar-refractivity contribution in [2.75, 3.05) is 11.9 Å². The van der Waals surface area contributed by atoms with Gasteiger partial charge in [0.15, 0.2) is 0 Å². The molecule has 2 heterocycles. The molecule has 0 unspecified atom stereocenters. The van der Waals surface area contributed by atoms with Gasteiger partial charge in [0, 0.05) is 18.3 Å². The SMILES string of the molecule is NC(=O)c1cccc(C=CCNc2nc(=O)[nH]c3ncccc23)c1. The summed E-state index contributed by atoms with van der Waals surface area (Å²) < 4.78 is 0. The summed E-state index contributed by atoms with van der Waals surface area (Å²) in [6, 6.07) is 10.6. The molecule has 2 aromatic heterocycles. The van der Waals surface area contributed by atoms with Gasteiger partial charge in [-0.2, -0.15) is 4.98 Å². The maximum atomic E-state index is 11.6. The number of hydrogen-bond acceptors (Lipinski definition) is 5. The third-order valence-corrected chi connectivity index (χ3v) is 3.37. The zero-order chi connectivity index (χ0) is 16.9. The van der Waals surface area contributed by atoms with E-state index in [4.69, 9.17) is 5.73 Å². The molecular formula is C17H15N5O2. The Hall–Kier alpha value is -3.48. The Morgan fingerprint density at radius 2 is 2.17 bits per heavy atom. The Bertz CT molecular complexity index is 978. The minimum atomic E-state index is -0.463. The number of carbonyl (C=O) groups is 1. The molecule has 0 bridgehead atoms. The highest BCUT2D eigenvalue weighted by molar-refractivity contribution is 5.93. The summed E-state index contributed by atoms with van der Waals surface area (Å²) in [5.74, 6) is 0.00689. The number of hydrogen-bond donors (Lipinski definition) is 3. The Balaban J connectivity index is 1.74. The first kappa shape index (κ1) is 15.4. The number of amides is 1. The van der Waals surface area contributed by atoms with Crippen molar-refractivity contribution < 1.29 is 4.79 Å². The van der Waals surface area contributed by atoms with Gasteiger partial charge >= 0.3 is 5.69 Å². The average molecular weight is 321 g/mol. The number of H-pyrrole nitrogens is 1. The van der Waals surface area contributed by atoms with Crippen molar-refractivity contribution in [1.82, 2.24) is 15.0 Å². The normalized spacial score (nSPS) is 11.0. The van der Waals surface area contributed by atoms with Gasteiger partial charge in [-0.1, -0.05) is 24.3 Å². The zero-order valence-corrected chi connectivity index (χ0v) is 12.7. The van der Waals surface area contributed by atoms with Gasteiger partial charge in [-0.25, -0.2) is 9.78 Å².